The molecular formula is C29H32ClN3O3. The number of benzene rings is 3. The van der Waals surface area contributed by atoms with E-state index >= 15 is 0 Å². The number of nitrogens with zero attached hydrogens (tertiary/aromatic N) is 2. The van der Waals surface area contributed by atoms with Crippen LogP contribution in [0.1, 0.15) is 56.5 Å². The molecule has 0 aliphatic carbocycles. The molecule has 0 fully saturated rings. The van der Waals surface area contributed by atoms with Crippen molar-refractivity contribution in [2.75, 3.05) is 11.4 Å². The van der Waals surface area contributed by atoms with Gasteiger partial charge < -0.3 is 15.1 Å². The fourth-order valence-corrected chi connectivity index (χ4v) is 4.80. The van der Waals surface area contributed by atoms with Gasteiger partial charge in [-0.15, -0.1) is 0 Å². The van der Waals surface area contributed by atoms with Crippen LogP contribution in [-0.4, -0.2) is 40.7 Å². The highest BCUT2D eigenvalue weighted by molar-refractivity contribution is 6.31. The summed E-state index contributed by atoms with van der Waals surface area (Å²) in [6.45, 7) is 8.10. The molecule has 1 aliphatic heterocycles. The molecule has 1 N–H and O–H groups in total. The molecule has 1 heterocycles. The summed E-state index contributed by atoms with van der Waals surface area (Å²) in [5.41, 5.74) is 1.93. The topological polar surface area (TPSA) is 69.7 Å². The van der Waals surface area contributed by atoms with E-state index in [9.17, 15) is 14.4 Å². The molecule has 1 aliphatic rings. The summed E-state index contributed by atoms with van der Waals surface area (Å²) in [6, 6.07) is 18.3. The Morgan fingerprint density at radius 2 is 1.72 bits per heavy atom. The van der Waals surface area contributed by atoms with Crippen LogP contribution in [0.25, 0.3) is 10.8 Å². The molecule has 3 aromatic rings. The predicted octanol–water partition coefficient (Wildman–Crippen LogP) is 5.57. The molecule has 0 saturated carbocycles. The predicted molar refractivity (Wildman–Crippen MR) is 144 cm³/mol. The SMILES string of the molecule is C[C@H](C(=O)NC(C)(C)C)N(Cc1ccccc1Cl)C(=O)CCCN1C(=O)c2cccc3cccc1c23. The minimum atomic E-state index is -0.681. The van der Waals surface area contributed by atoms with Crippen LogP contribution >= 0.6 is 11.6 Å². The number of rotatable bonds is 8. The van der Waals surface area contributed by atoms with Crippen LogP contribution in [0, 0.1) is 0 Å². The highest BCUT2D eigenvalue weighted by atomic mass is 35.5. The van der Waals surface area contributed by atoms with Gasteiger partial charge in [-0.2, -0.15) is 0 Å². The van der Waals surface area contributed by atoms with E-state index in [0.29, 0.717) is 23.6 Å². The molecule has 6 nitrogen and oxygen atoms in total. The number of hydrogen-bond acceptors (Lipinski definition) is 3. The molecule has 0 aromatic heterocycles. The van der Waals surface area contributed by atoms with Crippen LogP contribution in [-0.2, 0) is 16.1 Å². The van der Waals surface area contributed by atoms with Crippen LogP contribution in [0.15, 0.2) is 60.7 Å². The summed E-state index contributed by atoms with van der Waals surface area (Å²) >= 11 is 6.37. The molecule has 3 aromatic carbocycles. The molecule has 36 heavy (non-hydrogen) atoms. The Kier molecular flexibility index (Phi) is 7.36. The smallest absolute Gasteiger partial charge is 0.258 e. The highest BCUT2D eigenvalue weighted by Crippen LogP contribution is 2.37. The average Bonchev–Trinajstić information content (AvgIpc) is 3.10. The first-order chi connectivity index (χ1) is 17.1. The van der Waals surface area contributed by atoms with Crippen LogP contribution in [0.5, 0.6) is 0 Å². The first-order valence-corrected chi connectivity index (χ1v) is 12.6. The van der Waals surface area contributed by atoms with Crippen molar-refractivity contribution in [3.05, 3.63) is 76.8 Å². The summed E-state index contributed by atoms with van der Waals surface area (Å²) in [7, 11) is 0. The number of carbonyl (C=O) groups is 3. The Morgan fingerprint density at radius 3 is 2.42 bits per heavy atom. The molecule has 188 valence electrons. The van der Waals surface area contributed by atoms with Crippen LogP contribution in [0.2, 0.25) is 5.02 Å². The van der Waals surface area contributed by atoms with Crippen molar-refractivity contribution in [3.63, 3.8) is 0 Å². The molecule has 0 spiro atoms. The van der Waals surface area contributed by atoms with E-state index in [2.05, 4.69) is 5.32 Å². The van der Waals surface area contributed by atoms with Gasteiger partial charge in [0, 0.05) is 41.0 Å². The largest absolute Gasteiger partial charge is 0.350 e. The third-order valence-corrected chi connectivity index (χ3v) is 6.75. The van der Waals surface area contributed by atoms with Crippen LogP contribution in [0.4, 0.5) is 5.69 Å². The number of halogens is 1. The van der Waals surface area contributed by atoms with Gasteiger partial charge in [-0.3, -0.25) is 14.4 Å². The van der Waals surface area contributed by atoms with E-state index in [4.69, 9.17) is 11.6 Å². The number of nitrogens with one attached hydrogen (secondary N) is 1. The molecule has 4 rings (SSSR count). The Hall–Kier alpha value is -3.38. The van der Waals surface area contributed by atoms with Gasteiger partial charge in [-0.1, -0.05) is 54.1 Å². The quantitative estimate of drug-likeness (QED) is 0.435. The Labute approximate surface area is 217 Å². The summed E-state index contributed by atoms with van der Waals surface area (Å²) < 4.78 is 0. The van der Waals surface area contributed by atoms with Gasteiger partial charge in [0.25, 0.3) is 5.91 Å². The zero-order valence-electron chi connectivity index (χ0n) is 21.2. The first kappa shape index (κ1) is 25.7. The maximum atomic E-state index is 13.4. The Morgan fingerprint density at radius 1 is 1.03 bits per heavy atom. The Balaban J connectivity index is 1.48. The number of hydrogen-bond donors (Lipinski definition) is 1. The summed E-state index contributed by atoms with van der Waals surface area (Å²) in [6.07, 6.45) is 0.676. The number of amides is 3. The average molecular weight is 506 g/mol. The highest BCUT2D eigenvalue weighted by Gasteiger charge is 2.31. The maximum absolute atomic E-state index is 13.4. The van der Waals surface area contributed by atoms with Gasteiger partial charge in [0.15, 0.2) is 0 Å². The lowest BCUT2D eigenvalue weighted by Crippen LogP contribution is -2.52. The van der Waals surface area contributed by atoms with Crippen molar-refractivity contribution in [2.24, 2.45) is 0 Å². The fourth-order valence-electron chi connectivity index (χ4n) is 4.60. The third-order valence-electron chi connectivity index (χ3n) is 6.39. The zero-order chi connectivity index (χ0) is 26.0. The normalized spacial score (nSPS) is 13.7. The lowest BCUT2D eigenvalue weighted by molar-refractivity contribution is -0.141. The van der Waals surface area contributed by atoms with E-state index in [1.54, 1.807) is 22.8 Å². The fraction of sp³-hybridized carbons (Fsp3) is 0.345. The van der Waals surface area contributed by atoms with Crippen molar-refractivity contribution in [1.29, 1.82) is 0 Å². The van der Waals surface area contributed by atoms with Gasteiger partial charge in [-0.05, 0) is 63.3 Å². The van der Waals surface area contributed by atoms with Crippen molar-refractivity contribution in [3.8, 4) is 0 Å². The molecular weight excluding hydrogens is 474 g/mol. The van der Waals surface area contributed by atoms with E-state index in [-0.39, 0.29) is 30.7 Å². The van der Waals surface area contributed by atoms with Crippen molar-refractivity contribution < 1.29 is 14.4 Å². The van der Waals surface area contributed by atoms with Gasteiger partial charge in [0.05, 0.1) is 5.69 Å². The van der Waals surface area contributed by atoms with E-state index in [0.717, 1.165) is 22.0 Å². The van der Waals surface area contributed by atoms with Gasteiger partial charge in [0.2, 0.25) is 11.8 Å². The number of carbonyl (C=O) groups excluding carboxylic acids is 3. The van der Waals surface area contributed by atoms with Gasteiger partial charge in [0.1, 0.15) is 6.04 Å². The van der Waals surface area contributed by atoms with Gasteiger partial charge in [-0.25, -0.2) is 0 Å². The summed E-state index contributed by atoms with van der Waals surface area (Å²) in [4.78, 5) is 42.8. The second-order valence-electron chi connectivity index (χ2n) is 10.3. The van der Waals surface area contributed by atoms with E-state index in [1.807, 2.05) is 75.4 Å². The molecule has 0 radical (unpaired) electrons. The minimum Gasteiger partial charge on any atom is -0.350 e. The van der Waals surface area contributed by atoms with Crippen molar-refractivity contribution in [2.45, 2.75) is 58.7 Å². The van der Waals surface area contributed by atoms with Crippen LogP contribution in [0.3, 0.4) is 0 Å². The molecule has 0 bridgehead atoms. The van der Waals surface area contributed by atoms with Gasteiger partial charge >= 0.3 is 0 Å². The molecule has 1 atom stereocenters. The Bertz CT molecular complexity index is 1310. The maximum Gasteiger partial charge on any atom is 0.258 e. The summed E-state index contributed by atoms with van der Waals surface area (Å²) in [5.74, 6) is -0.423. The molecule has 7 heteroatoms. The second kappa shape index (κ2) is 10.3. The molecule has 0 saturated heterocycles. The van der Waals surface area contributed by atoms with Crippen molar-refractivity contribution in [1.82, 2.24) is 10.2 Å². The summed E-state index contributed by atoms with van der Waals surface area (Å²) in [5, 5.41) is 5.50. The van der Waals surface area contributed by atoms with E-state index < -0.39 is 11.6 Å². The third kappa shape index (κ3) is 5.39. The lowest BCUT2D eigenvalue weighted by Gasteiger charge is -2.32. The second-order valence-corrected chi connectivity index (χ2v) is 10.7. The molecule has 0 unspecified atom stereocenters. The first-order valence-electron chi connectivity index (χ1n) is 12.3. The monoisotopic (exact) mass is 505 g/mol. The zero-order valence-corrected chi connectivity index (χ0v) is 21.9. The standard InChI is InChI=1S/C29H32ClN3O3/c1-19(27(35)31-29(2,3)4)33(18-21-10-5-6-14-23(21)30)25(34)16-9-17-32-24-15-8-12-20-11-7-13-22(26(20)24)28(32)36/h5-8,10-15,19H,9,16-18H2,1-4H3,(H,31,35)/t19-/m1/s1. The van der Waals surface area contributed by atoms with E-state index in [1.165, 1.54) is 0 Å². The lowest BCUT2D eigenvalue weighted by atomic mass is 10.1. The number of anilines is 1. The van der Waals surface area contributed by atoms with Crippen LogP contribution < -0.4 is 10.2 Å². The minimum absolute atomic E-state index is 0.0416. The van der Waals surface area contributed by atoms with Crippen molar-refractivity contribution >= 4 is 45.8 Å². The molecule has 3 amide bonds.